The van der Waals surface area contributed by atoms with Crippen molar-refractivity contribution in [3.8, 4) is 0 Å². The molecule has 0 radical (unpaired) electrons. The van der Waals surface area contributed by atoms with Gasteiger partial charge in [-0.25, -0.2) is 4.79 Å². The predicted molar refractivity (Wildman–Crippen MR) is 55.9 cm³/mol. The Morgan fingerprint density at radius 1 is 1.44 bits per heavy atom. The number of carboxylic acids is 1. The van der Waals surface area contributed by atoms with Crippen LogP contribution in [0.25, 0.3) is 0 Å². The lowest BCUT2D eigenvalue weighted by atomic mass is 9.70. The molecule has 0 aliphatic carbocycles. The average molecular weight is 227 g/mol. The van der Waals surface area contributed by atoms with Gasteiger partial charge >= 0.3 is 5.97 Å². The number of hydrogen-bond donors (Lipinski definition) is 2. The minimum Gasteiger partial charge on any atom is -0.480 e. The number of carboxylic acid groups (broad SMARTS) is 1. The molecule has 3 atom stereocenters. The van der Waals surface area contributed by atoms with E-state index in [9.17, 15) is 9.59 Å². The zero-order valence-corrected chi connectivity index (χ0v) is 9.53. The van der Waals surface area contributed by atoms with Crippen LogP contribution < -0.4 is 5.32 Å². The zero-order chi connectivity index (χ0) is 11.9. The topological polar surface area (TPSA) is 75.6 Å². The third kappa shape index (κ3) is 1.80. The summed E-state index contributed by atoms with van der Waals surface area (Å²) >= 11 is 0. The van der Waals surface area contributed by atoms with Gasteiger partial charge in [0.15, 0.2) is 0 Å². The highest BCUT2D eigenvalue weighted by molar-refractivity contribution is 5.89. The van der Waals surface area contributed by atoms with E-state index in [1.54, 1.807) is 0 Å². The SMILES string of the molecule is CC1CC2(CC(=O)NC2C(=O)O)CC(C)O1. The number of nitrogens with one attached hydrogen (secondary N) is 1. The van der Waals surface area contributed by atoms with Crippen LogP contribution in [0.15, 0.2) is 0 Å². The Hall–Kier alpha value is -1.10. The van der Waals surface area contributed by atoms with Crippen molar-refractivity contribution in [3.05, 3.63) is 0 Å². The number of amides is 1. The summed E-state index contributed by atoms with van der Waals surface area (Å²) in [5.41, 5.74) is -0.458. The summed E-state index contributed by atoms with van der Waals surface area (Å²) in [7, 11) is 0. The molecule has 5 nitrogen and oxygen atoms in total. The van der Waals surface area contributed by atoms with Crippen LogP contribution in [0.1, 0.15) is 33.1 Å². The molecule has 2 N–H and O–H groups in total. The van der Waals surface area contributed by atoms with Crippen LogP contribution in [0.5, 0.6) is 0 Å². The summed E-state index contributed by atoms with van der Waals surface area (Å²) < 4.78 is 5.60. The second-order valence-electron chi connectivity index (χ2n) is 5.04. The van der Waals surface area contributed by atoms with Crippen molar-refractivity contribution in [3.63, 3.8) is 0 Å². The summed E-state index contributed by atoms with van der Waals surface area (Å²) in [5.74, 6) is -1.10. The van der Waals surface area contributed by atoms with Gasteiger partial charge in [0.2, 0.25) is 5.91 Å². The van der Waals surface area contributed by atoms with Crippen molar-refractivity contribution < 1.29 is 19.4 Å². The molecule has 2 rings (SSSR count). The van der Waals surface area contributed by atoms with Crippen LogP contribution in [0.2, 0.25) is 0 Å². The highest BCUT2D eigenvalue weighted by Gasteiger charge is 2.53. The third-order valence-electron chi connectivity index (χ3n) is 3.53. The molecule has 1 amide bonds. The summed E-state index contributed by atoms with van der Waals surface area (Å²) in [6.45, 7) is 3.86. The lowest BCUT2D eigenvalue weighted by Crippen LogP contribution is -2.49. The van der Waals surface area contributed by atoms with Crippen molar-refractivity contribution in [2.75, 3.05) is 0 Å². The number of hydrogen-bond acceptors (Lipinski definition) is 3. The molecule has 90 valence electrons. The van der Waals surface area contributed by atoms with Crippen LogP contribution in [0.4, 0.5) is 0 Å². The molecule has 2 aliphatic rings. The molecule has 1 spiro atoms. The average Bonchev–Trinajstić information content (AvgIpc) is 2.39. The molecule has 2 heterocycles. The maximum atomic E-state index is 11.4. The first-order valence-corrected chi connectivity index (χ1v) is 5.60. The molecule has 0 bridgehead atoms. The Balaban J connectivity index is 2.27. The van der Waals surface area contributed by atoms with Crippen LogP contribution in [0, 0.1) is 5.41 Å². The summed E-state index contributed by atoms with van der Waals surface area (Å²) in [5, 5.41) is 11.7. The van der Waals surface area contributed by atoms with Gasteiger partial charge in [-0.3, -0.25) is 4.79 Å². The smallest absolute Gasteiger partial charge is 0.326 e. The van der Waals surface area contributed by atoms with Crippen molar-refractivity contribution >= 4 is 11.9 Å². The van der Waals surface area contributed by atoms with Gasteiger partial charge in [0.1, 0.15) is 6.04 Å². The molecule has 16 heavy (non-hydrogen) atoms. The van der Waals surface area contributed by atoms with Gasteiger partial charge in [0.25, 0.3) is 0 Å². The fraction of sp³-hybridized carbons (Fsp3) is 0.818. The summed E-state index contributed by atoms with van der Waals surface area (Å²) in [6, 6.07) is -0.756. The van der Waals surface area contributed by atoms with Crippen LogP contribution in [-0.2, 0) is 14.3 Å². The van der Waals surface area contributed by atoms with E-state index in [1.807, 2.05) is 13.8 Å². The molecule has 0 aromatic rings. The second kappa shape index (κ2) is 3.73. The van der Waals surface area contributed by atoms with Gasteiger partial charge < -0.3 is 15.2 Å². The van der Waals surface area contributed by atoms with Crippen molar-refractivity contribution in [1.82, 2.24) is 5.32 Å². The summed E-state index contributed by atoms with van der Waals surface area (Å²) in [6.07, 6.45) is 1.60. The molecule has 0 saturated carbocycles. The first kappa shape index (κ1) is 11.4. The molecule has 2 saturated heterocycles. The maximum absolute atomic E-state index is 11.4. The zero-order valence-electron chi connectivity index (χ0n) is 9.53. The van der Waals surface area contributed by atoms with E-state index in [0.717, 1.165) is 0 Å². The fourth-order valence-electron chi connectivity index (χ4n) is 3.21. The van der Waals surface area contributed by atoms with E-state index < -0.39 is 17.4 Å². The summed E-state index contributed by atoms with van der Waals surface area (Å²) in [4.78, 5) is 22.6. The van der Waals surface area contributed by atoms with E-state index in [4.69, 9.17) is 9.84 Å². The van der Waals surface area contributed by atoms with Crippen LogP contribution in [-0.4, -0.2) is 35.2 Å². The quantitative estimate of drug-likeness (QED) is 0.685. The number of ether oxygens (including phenoxy) is 1. The molecule has 0 aromatic carbocycles. The monoisotopic (exact) mass is 227 g/mol. The first-order valence-electron chi connectivity index (χ1n) is 5.60. The third-order valence-corrected chi connectivity index (χ3v) is 3.53. The fourth-order valence-corrected chi connectivity index (χ4v) is 3.21. The Labute approximate surface area is 94.2 Å². The molecular formula is C11H17NO4. The van der Waals surface area contributed by atoms with Crippen LogP contribution >= 0.6 is 0 Å². The maximum Gasteiger partial charge on any atom is 0.326 e. The largest absolute Gasteiger partial charge is 0.480 e. The lowest BCUT2D eigenvalue weighted by Gasteiger charge is -2.41. The van der Waals surface area contributed by atoms with E-state index in [1.165, 1.54) is 0 Å². The minimum absolute atomic E-state index is 0.0123. The number of aliphatic carboxylic acids is 1. The van der Waals surface area contributed by atoms with E-state index in [2.05, 4.69) is 5.32 Å². The normalized spacial score (nSPS) is 43.4. The standard InChI is InChI=1S/C11H17NO4/c1-6-3-11(4-7(2)16-6)5-8(13)12-9(11)10(14)15/h6-7,9H,3-5H2,1-2H3,(H,12,13)(H,14,15). The molecule has 2 fully saturated rings. The van der Waals surface area contributed by atoms with Crippen LogP contribution in [0.3, 0.4) is 0 Å². The lowest BCUT2D eigenvalue weighted by molar-refractivity contribution is -0.147. The molecule has 2 aliphatic heterocycles. The Morgan fingerprint density at radius 2 is 2.00 bits per heavy atom. The van der Waals surface area contributed by atoms with Gasteiger partial charge in [-0.15, -0.1) is 0 Å². The minimum atomic E-state index is -0.938. The van der Waals surface area contributed by atoms with Crippen molar-refractivity contribution in [2.45, 2.75) is 51.4 Å². The Bertz CT molecular complexity index is 318. The Kier molecular flexibility index (Phi) is 2.66. The molecular weight excluding hydrogens is 210 g/mol. The molecule has 3 unspecified atom stereocenters. The first-order chi connectivity index (χ1) is 7.43. The predicted octanol–water partition coefficient (Wildman–Crippen LogP) is 0.533. The van der Waals surface area contributed by atoms with Gasteiger partial charge in [-0.1, -0.05) is 0 Å². The van der Waals surface area contributed by atoms with Crippen molar-refractivity contribution in [1.29, 1.82) is 0 Å². The van der Waals surface area contributed by atoms with Gasteiger partial charge in [-0.2, -0.15) is 0 Å². The van der Waals surface area contributed by atoms with E-state index in [0.29, 0.717) is 19.3 Å². The number of rotatable bonds is 1. The van der Waals surface area contributed by atoms with Gasteiger partial charge in [0.05, 0.1) is 12.2 Å². The molecule has 5 heteroatoms. The van der Waals surface area contributed by atoms with Crippen molar-refractivity contribution in [2.24, 2.45) is 5.41 Å². The highest BCUT2D eigenvalue weighted by Crippen LogP contribution is 2.45. The second-order valence-corrected chi connectivity index (χ2v) is 5.04. The number of carbonyl (C=O) groups excluding carboxylic acids is 1. The van der Waals surface area contributed by atoms with Gasteiger partial charge in [0, 0.05) is 11.8 Å². The highest BCUT2D eigenvalue weighted by atomic mass is 16.5. The van der Waals surface area contributed by atoms with E-state index in [-0.39, 0.29) is 18.1 Å². The Morgan fingerprint density at radius 3 is 2.50 bits per heavy atom. The van der Waals surface area contributed by atoms with Gasteiger partial charge in [-0.05, 0) is 26.7 Å². The molecule has 0 aromatic heterocycles. The number of carbonyl (C=O) groups is 2. The van der Waals surface area contributed by atoms with E-state index >= 15 is 0 Å².